The van der Waals surface area contributed by atoms with Crippen LogP contribution in [-0.4, -0.2) is 43.0 Å². The number of nitrogens with one attached hydrogen (secondary N) is 3. The summed E-state index contributed by atoms with van der Waals surface area (Å²) in [6, 6.07) is 15.4. The van der Waals surface area contributed by atoms with E-state index >= 15 is 0 Å². The topological polar surface area (TPSA) is 121 Å². The van der Waals surface area contributed by atoms with E-state index in [2.05, 4.69) is 26.9 Å². The van der Waals surface area contributed by atoms with Gasteiger partial charge < -0.3 is 15.7 Å². The molecule has 0 spiro atoms. The molecule has 0 saturated heterocycles. The predicted octanol–water partition coefficient (Wildman–Crippen LogP) is 4.25. The van der Waals surface area contributed by atoms with Crippen LogP contribution in [0.2, 0.25) is 0 Å². The number of aliphatic hydroxyl groups excluding tert-OH is 1. The van der Waals surface area contributed by atoms with E-state index in [9.17, 15) is 14.7 Å². The molecule has 5 rings (SSSR count). The fourth-order valence-electron chi connectivity index (χ4n) is 4.54. The second kappa shape index (κ2) is 11.0. The summed E-state index contributed by atoms with van der Waals surface area (Å²) >= 11 is 1.11. The summed E-state index contributed by atoms with van der Waals surface area (Å²) in [4.78, 5) is 29.9. The van der Waals surface area contributed by atoms with Crippen LogP contribution in [0.5, 0.6) is 0 Å². The lowest BCUT2D eigenvalue weighted by Crippen LogP contribution is -2.34. The Balaban J connectivity index is 1.47. The first kappa shape index (κ1) is 24.8. The summed E-state index contributed by atoms with van der Waals surface area (Å²) in [6.07, 6.45) is 6.20. The number of amides is 2. The molecule has 2 amide bonds. The van der Waals surface area contributed by atoms with Crippen molar-refractivity contribution in [3.8, 4) is 5.69 Å². The minimum atomic E-state index is -0.309. The highest BCUT2D eigenvalue weighted by Crippen LogP contribution is 2.28. The zero-order chi connectivity index (χ0) is 25.8. The number of hydrogen-bond donors (Lipinski definition) is 4. The molecule has 37 heavy (non-hydrogen) atoms. The summed E-state index contributed by atoms with van der Waals surface area (Å²) in [5.74, 6) is -0.237. The Kier molecular flexibility index (Phi) is 7.40. The highest BCUT2D eigenvalue weighted by Gasteiger charge is 2.20. The lowest BCUT2D eigenvalue weighted by molar-refractivity contribution is -0.111. The monoisotopic (exact) mass is 516 g/mol. The minimum absolute atomic E-state index is 0.180. The van der Waals surface area contributed by atoms with Crippen molar-refractivity contribution in [2.45, 2.75) is 44.4 Å². The van der Waals surface area contributed by atoms with Gasteiger partial charge in [-0.15, -0.1) is 0 Å². The number of carbonyl (C=O) groups is 2. The van der Waals surface area contributed by atoms with E-state index in [1.807, 2.05) is 41.0 Å². The van der Waals surface area contributed by atoms with Crippen LogP contribution in [0, 0.1) is 0 Å². The molecule has 190 valence electrons. The SMILES string of the molecule is C=CC(=O)Nc1cccc(-n2c(NC(=O)c3ccns3)nc3cc(CN[C@H]4CC[C@H](O)CC4)ccc32)c1. The molecule has 1 fully saturated rings. The van der Waals surface area contributed by atoms with Crippen LogP contribution in [0.1, 0.15) is 40.9 Å². The Morgan fingerprint density at radius 3 is 2.70 bits per heavy atom. The van der Waals surface area contributed by atoms with Crippen LogP contribution in [0.3, 0.4) is 0 Å². The third kappa shape index (κ3) is 5.77. The molecule has 4 N–H and O–H groups in total. The highest BCUT2D eigenvalue weighted by molar-refractivity contribution is 7.08. The lowest BCUT2D eigenvalue weighted by Gasteiger charge is -2.26. The second-order valence-corrected chi connectivity index (χ2v) is 9.89. The third-order valence-corrected chi connectivity index (χ3v) is 7.20. The Morgan fingerprint density at radius 1 is 1.11 bits per heavy atom. The number of aliphatic hydroxyl groups is 1. The first-order valence-electron chi connectivity index (χ1n) is 12.2. The molecule has 2 aromatic carbocycles. The molecule has 0 atom stereocenters. The van der Waals surface area contributed by atoms with Crippen molar-refractivity contribution in [2.24, 2.45) is 0 Å². The largest absolute Gasteiger partial charge is 0.393 e. The molecule has 0 aliphatic heterocycles. The first-order valence-corrected chi connectivity index (χ1v) is 13.0. The van der Waals surface area contributed by atoms with Crippen LogP contribution >= 0.6 is 11.5 Å². The van der Waals surface area contributed by atoms with Crippen molar-refractivity contribution in [1.82, 2.24) is 19.2 Å². The van der Waals surface area contributed by atoms with Gasteiger partial charge in [0.25, 0.3) is 5.91 Å². The number of carbonyl (C=O) groups excluding carboxylic acids is 2. The maximum absolute atomic E-state index is 12.9. The molecule has 0 radical (unpaired) electrons. The van der Waals surface area contributed by atoms with Gasteiger partial charge in [-0.25, -0.2) is 9.36 Å². The van der Waals surface area contributed by atoms with E-state index < -0.39 is 0 Å². The number of hydrogen-bond acceptors (Lipinski definition) is 7. The van der Waals surface area contributed by atoms with Gasteiger partial charge in [-0.05, 0) is 85.3 Å². The standard InChI is InChI=1S/C27H28N6O3S/c1-2-25(35)30-19-4-3-5-20(15-19)33-23-11-6-17(16-28-18-7-9-21(34)10-8-18)14-22(23)31-27(33)32-26(36)24-12-13-29-37-24/h2-6,11-15,18,21,28,34H,1,7-10,16H2,(H,30,35)(H,31,32,36)/t18-,21-. The van der Waals surface area contributed by atoms with Gasteiger partial charge in [0.15, 0.2) is 0 Å². The van der Waals surface area contributed by atoms with Crippen LogP contribution in [0.15, 0.2) is 67.4 Å². The zero-order valence-electron chi connectivity index (χ0n) is 20.2. The average Bonchev–Trinajstić information content (AvgIpc) is 3.56. The number of nitrogens with zero attached hydrogens (tertiary/aromatic N) is 3. The summed E-state index contributed by atoms with van der Waals surface area (Å²) in [5.41, 5.74) is 3.96. The molecule has 9 nitrogen and oxygen atoms in total. The summed E-state index contributed by atoms with van der Waals surface area (Å²) in [7, 11) is 0. The van der Waals surface area contributed by atoms with Gasteiger partial charge in [-0.2, -0.15) is 0 Å². The maximum atomic E-state index is 12.9. The van der Waals surface area contributed by atoms with Gasteiger partial charge in [-0.1, -0.05) is 18.7 Å². The predicted molar refractivity (Wildman–Crippen MR) is 145 cm³/mol. The normalized spacial score (nSPS) is 17.4. The fourth-order valence-corrected chi connectivity index (χ4v) is 5.03. The van der Waals surface area contributed by atoms with Gasteiger partial charge in [0, 0.05) is 24.5 Å². The Morgan fingerprint density at radius 2 is 1.95 bits per heavy atom. The van der Waals surface area contributed by atoms with Gasteiger partial charge >= 0.3 is 0 Å². The molecule has 2 heterocycles. The van der Waals surface area contributed by atoms with Gasteiger partial charge in [0.2, 0.25) is 11.9 Å². The Hall–Kier alpha value is -3.86. The molecule has 4 aromatic rings. The number of fused-ring (bicyclic) bond motifs is 1. The van der Waals surface area contributed by atoms with Crippen LogP contribution < -0.4 is 16.0 Å². The molecule has 10 heteroatoms. The number of aromatic nitrogens is 3. The van der Waals surface area contributed by atoms with E-state index in [1.54, 1.807) is 18.3 Å². The van der Waals surface area contributed by atoms with E-state index in [4.69, 9.17) is 4.98 Å². The second-order valence-electron chi connectivity index (χ2n) is 9.05. The van der Waals surface area contributed by atoms with Crippen molar-refractivity contribution in [1.29, 1.82) is 0 Å². The molecule has 1 saturated carbocycles. The quantitative estimate of drug-likeness (QED) is 0.260. The highest BCUT2D eigenvalue weighted by atomic mass is 32.1. The smallest absolute Gasteiger partial charge is 0.269 e. The van der Waals surface area contributed by atoms with Gasteiger partial charge in [0.1, 0.15) is 4.88 Å². The Bertz CT molecular complexity index is 1420. The van der Waals surface area contributed by atoms with E-state index in [1.165, 1.54) is 6.08 Å². The lowest BCUT2D eigenvalue weighted by atomic mass is 9.93. The number of anilines is 2. The average molecular weight is 517 g/mol. The van der Waals surface area contributed by atoms with Crippen LogP contribution in [0.25, 0.3) is 16.7 Å². The van der Waals surface area contributed by atoms with Crippen molar-refractivity contribution < 1.29 is 14.7 Å². The summed E-state index contributed by atoms with van der Waals surface area (Å²) in [5, 5.41) is 19.0. The molecule has 0 unspecified atom stereocenters. The zero-order valence-corrected chi connectivity index (χ0v) is 21.0. The fraction of sp³-hybridized carbons (Fsp3) is 0.259. The number of imidazole rings is 1. The molecule has 2 aromatic heterocycles. The van der Waals surface area contributed by atoms with Crippen molar-refractivity contribution in [3.05, 3.63) is 77.8 Å². The number of benzene rings is 2. The maximum Gasteiger partial charge on any atom is 0.269 e. The minimum Gasteiger partial charge on any atom is -0.393 e. The third-order valence-electron chi connectivity index (χ3n) is 6.45. The van der Waals surface area contributed by atoms with Crippen molar-refractivity contribution >= 4 is 46.0 Å². The van der Waals surface area contributed by atoms with Crippen LogP contribution in [0.4, 0.5) is 11.6 Å². The first-order chi connectivity index (χ1) is 18.0. The van der Waals surface area contributed by atoms with E-state index in [0.717, 1.165) is 59.5 Å². The molecule has 0 bridgehead atoms. The molecular weight excluding hydrogens is 488 g/mol. The van der Waals surface area contributed by atoms with Crippen LogP contribution in [-0.2, 0) is 11.3 Å². The Labute approximate surface area is 218 Å². The van der Waals surface area contributed by atoms with Gasteiger partial charge in [0.05, 0.1) is 22.8 Å². The van der Waals surface area contributed by atoms with Gasteiger partial charge in [-0.3, -0.25) is 19.5 Å². The summed E-state index contributed by atoms with van der Waals surface area (Å²) < 4.78 is 5.87. The molecule has 1 aliphatic carbocycles. The summed E-state index contributed by atoms with van der Waals surface area (Å²) in [6.45, 7) is 4.19. The van der Waals surface area contributed by atoms with E-state index in [-0.39, 0.29) is 17.9 Å². The van der Waals surface area contributed by atoms with E-state index in [0.29, 0.717) is 29.1 Å². The van der Waals surface area contributed by atoms with Crippen molar-refractivity contribution in [3.63, 3.8) is 0 Å². The van der Waals surface area contributed by atoms with Crippen molar-refractivity contribution in [2.75, 3.05) is 10.6 Å². The number of rotatable bonds is 8. The molecular formula is C27H28N6O3S. The molecule has 1 aliphatic rings.